The summed E-state index contributed by atoms with van der Waals surface area (Å²) in [4.78, 5) is 24.8. The third-order valence-electron chi connectivity index (χ3n) is 3.49. The van der Waals surface area contributed by atoms with E-state index in [1.54, 1.807) is 6.07 Å². The van der Waals surface area contributed by atoms with Crippen LogP contribution in [0.4, 0.5) is 0 Å². The third-order valence-corrected chi connectivity index (χ3v) is 4.11. The van der Waals surface area contributed by atoms with E-state index in [0.29, 0.717) is 10.2 Å². The lowest BCUT2D eigenvalue weighted by molar-refractivity contribution is -0.133. The van der Waals surface area contributed by atoms with Gasteiger partial charge >= 0.3 is 5.97 Å². The molecule has 1 amide bonds. The average molecular weight is 356 g/mol. The van der Waals surface area contributed by atoms with Gasteiger partial charge in [0.15, 0.2) is 6.61 Å². The molecule has 0 saturated carbocycles. The number of amides is 1. The van der Waals surface area contributed by atoms with Gasteiger partial charge in [-0.25, -0.2) is 4.79 Å². The van der Waals surface area contributed by atoms with Gasteiger partial charge in [-0.05, 0) is 47.0 Å². The number of carbonyl (C=O) groups excluding carboxylic acids is 1. The van der Waals surface area contributed by atoms with Crippen molar-refractivity contribution in [3.8, 4) is 5.75 Å². The normalized spacial score (nSPS) is 15.4. The average Bonchev–Trinajstić information content (AvgIpc) is 2.74. The van der Waals surface area contributed by atoms with E-state index in [9.17, 15) is 9.59 Å². The van der Waals surface area contributed by atoms with Crippen LogP contribution in [0.2, 0.25) is 0 Å². The van der Waals surface area contributed by atoms with E-state index in [1.807, 2.05) is 4.90 Å². The summed E-state index contributed by atoms with van der Waals surface area (Å²) in [5, 5.41) is 8.89. The number of ether oxygens (including phenoxy) is 1. The number of aromatic carboxylic acids is 1. The van der Waals surface area contributed by atoms with E-state index < -0.39 is 5.97 Å². The Kier molecular flexibility index (Phi) is 5.61. The zero-order valence-corrected chi connectivity index (χ0v) is 13.3. The molecule has 1 aliphatic heterocycles. The summed E-state index contributed by atoms with van der Waals surface area (Å²) < 4.78 is 6.03. The van der Waals surface area contributed by atoms with Gasteiger partial charge in [-0.2, -0.15) is 0 Å². The highest BCUT2D eigenvalue weighted by molar-refractivity contribution is 9.10. The largest absolute Gasteiger partial charge is 0.483 e. The highest BCUT2D eigenvalue weighted by Gasteiger charge is 2.16. The van der Waals surface area contributed by atoms with Crippen LogP contribution in [-0.2, 0) is 4.79 Å². The molecule has 1 N–H and O–H groups in total. The Labute approximate surface area is 132 Å². The summed E-state index contributed by atoms with van der Waals surface area (Å²) in [6, 6.07) is 4.48. The number of nitrogens with zero attached hydrogens (tertiary/aromatic N) is 1. The lowest BCUT2D eigenvalue weighted by atomic mass is 10.2. The van der Waals surface area contributed by atoms with Crippen molar-refractivity contribution in [3.05, 3.63) is 28.2 Å². The van der Waals surface area contributed by atoms with Crippen molar-refractivity contribution in [1.29, 1.82) is 0 Å². The minimum atomic E-state index is -0.997. The van der Waals surface area contributed by atoms with Gasteiger partial charge in [0.2, 0.25) is 0 Å². The molecule has 0 unspecified atom stereocenters. The van der Waals surface area contributed by atoms with Crippen molar-refractivity contribution in [2.45, 2.75) is 25.7 Å². The van der Waals surface area contributed by atoms with Gasteiger partial charge in [0.05, 0.1) is 10.0 Å². The van der Waals surface area contributed by atoms with Crippen LogP contribution in [-0.4, -0.2) is 41.6 Å². The molecule has 1 aromatic carbocycles. The number of carboxylic acid groups (broad SMARTS) is 1. The van der Waals surface area contributed by atoms with E-state index in [4.69, 9.17) is 9.84 Å². The molecule has 6 heteroatoms. The molecule has 21 heavy (non-hydrogen) atoms. The van der Waals surface area contributed by atoms with Crippen molar-refractivity contribution < 1.29 is 19.4 Å². The molecule has 2 rings (SSSR count). The van der Waals surface area contributed by atoms with Crippen LogP contribution < -0.4 is 4.74 Å². The zero-order valence-electron chi connectivity index (χ0n) is 11.7. The number of rotatable bonds is 4. The first kappa shape index (κ1) is 15.8. The Bertz CT molecular complexity index is 524. The van der Waals surface area contributed by atoms with Gasteiger partial charge in [0, 0.05) is 13.1 Å². The molecule has 1 fully saturated rings. The van der Waals surface area contributed by atoms with Crippen LogP contribution in [0.1, 0.15) is 36.0 Å². The third kappa shape index (κ3) is 4.46. The lowest BCUT2D eigenvalue weighted by Gasteiger charge is -2.20. The standard InChI is InChI=1S/C15H18BrNO4/c16-12-9-11(15(19)20)5-6-13(12)21-10-14(18)17-7-3-1-2-4-8-17/h5-6,9H,1-4,7-8,10H2,(H,19,20). The topological polar surface area (TPSA) is 66.8 Å². The number of hydrogen-bond donors (Lipinski definition) is 1. The van der Waals surface area contributed by atoms with Crippen LogP contribution >= 0.6 is 15.9 Å². The van der Waals surface area contributed by atoms with Gasteiger partial charge in [0.1, 0.15) is 5.75 Å². The fourth-order valence-electron chi connectivity index (χ4n) is 2.30. The lowest BCUT2D eigenvalue weighted by Crippen LogP contribution is -2.35. The fourth-order valence-corrected chi connectivity index (χ4v) is 2.80. The first-order valence-electron chi connectivity index (χ1n) is 7.01. The molecule has 1 heterocycles. The molecular weight excluding hydrogens is 338 g/mol. The summed E-state index contributed by atoms with van der Waals surface area (Å²) in [7, 11) is 0. The van der Waals surface area contributed by atoms with Crippen LogP contribution in [0, 0.1) is 0 Å². The Balaban J connectivity index is 1.93. The molecule has 0 bridgehead atoms. The summed E-state index contributed by atoms with van der Waals surface area (Å²) >= 11 is 3.26. The van der Waals surface area contributed by atoms with Crippen LogP contribution in [0.5, 0.6) is 5.75 Å². The molecule has 0 radical (unpaired) electrons. The molecule has 0 spiro atoms. The maximum atomic E-state index is 12.1. The summed E-state index contributed by atoms with van der Waals surface area (Å²) in [6.45, 7) is 1.56. The molecule has 5 nitrogen and oxygen atoms in total. The van der Waals surface area contributed by atoms with Crippen LogP contribution in [0.3, 0.4) is 0 Å². The highest BCUT2D eigenvalue weighted by Crippen LogP contribution is 2.26. The molecular formula is C15H18BrNO4. The predicted octanol–water partition coefficient (Wildman–Crippen LogP) is 2.93. The zero-order chi connectivity index (χ0) is 15.2. The Morgan fingerprint density at radius 1 is 1.19 bits per heavy atom. The smallest absolute Gasteiger partial charge is 0.335 e. The van der Waals surface area contributed by atoms with Crippen LogP contribution in [0.25, 0.3) is 0 Å². The van der Waals surface area contributed by atoms with Crippen molar-refractivity contribution in [1.82, 2.24) is 4.90 Å². The minimum absolute atomic E-state index is 0.0221. The van der Waals surface area contributed by atoms with Crippen molar-refractivity contribution >= 4 is 27.8 Å². The van der Waals surface area contributed by atoms with E-state index >= 15 is 0 Å². The number of likely N-dealkylation sites (tertiary alicyclic amines) is 1. The number of carbonyl (C=O) groups is 2. The maximum absolute atomic E-state index is 12.1. The molecule has 0 aromatic heterocycles. The number of carboxylic acids is 1. The molecule has 114 valence electrons. The number of halogens is 1. The van der Waals surface area contributed by atoms with Crippen molar-refractivity contribution in [2.24, 2.45) is 0 Å². The van der Waals surface area contributed by atoms with Gasteiger partial charge < -0.3 is 14.7 Å². The van der Waals surface area contributed by atoms with Gasteiger partial charge in [0.25, 0.3) is 5.91 Å². The van der Waals surface area contributed by atoms with Crippen LogP contribution in [0.15, 0.2) is 22.7 Å². The molecule has 0 atom stereocenters. The van der Waals surface area contributed by atoms with E-state index in [1.165, 1.54) is 25.0 Å². The number of benzene rings is 1. The summed E-state index contributed by atoms with van der Waals surface area (Å²) in [5.74, 6) is -0.544. The molecule has 1 saturated heterocycles. The SMILES string of the molecule is O=C(O)c1ccc(OCC(=O)N2CCCCCC2)c(Br)c1. The van der Waals surface area contributed by atoms with E-state index in [0.717, 1.165) is 25.9 Å². The fraction of sp³-hybridized carbons (Fsp3) is 0.467. The van der Waals surface area contributed by atoms with Gasteiger partial charge in [-0.3, -0.25) is 4.79 Å². The second-order valence-corrected chi connectivity index (χ2v) is 5.89. The van der Waals surface area contributed by atoms with Gasteiger partial charge in [-0.1, -0.05) is 12.8 Å². The first-order chi connectivity index (χ1) is 10.1. The molecule has 1 aliphatic rings. The molecule has 0 aliphatic carbocycles. The Hall–Kier alpha value is -1.56. The van der Waals surface area contributed by atoms with Crippen molar-refractivity contribution in [2.75, 3.05) is 19.7 Å². The van der Waals surface area contributed by atoms with Crippen molar-refractivity contribution in [3.63, 3.8) is 0 Å². The van der Waals surface area contributed by atoms with E-state index in [2.05, 4.69) is 15.9 Å². The maximum Gasteiger partial charge on any atom is 0.335 e. The summed E-state index contributed by atoms with van der Waals surface area (Å²) in [5.41, 5.74) is 0.174. The summed E-state index contributed by atoms with van der Waals surface area (Å²) in [6.07, 6.45) is 4.44. The Morgan fingerprint density at radius 3 is 2.43 bits per heavy atom. The second-order valence-electron chi connectivity index (χ2n) is 5.03. The Morgan fingerprint density at radius 2 is 1.86 bits per heavy atom. The predicted molar refractivity (Wildman–Crippen MR) is 81.6 cm³/mol. The minimum Gasteiger partial charge on any atom is -0.483 e. The van der Waals surface area contributed by atoms with E-state index in [-0.39, 0.29) is 18.1 Å². The quantitative estimate of drug-likeness (QED) is 0.901. The highest BCUT2D eigenvalue weighted by atomic mass is 79.9. The number of hydrogen-bond acceptors (Lipinski definition) is 3. The van der Waals surface area contributed by atoms with Gasteiger partial charge in [-0.15, -0.1) is 0 Å². The second kappa shape index (κ2) is 7.45. The monoisotopic (exact) mass is 355 g/mol. The first-order valence-corrected chi connectivity index (χ1v) is 7.80. The molecule has 1 aromatic rings.